The van der Waals surface area contributed by atoms with Crippen molar-refractivity contribution in [1.82, 2.24) is 14.9 Å². The highest BCUT2D eigenvalue weighted by Crippen LogP contribution is 2.35. The molecule has 6 rings (SSSR count). The van der Waals surface area contributed by atoms with Gasteiger partial charge in [-0.05, 0) is 60.4 Å². The third kappa shape index (κ3) is 4.95. The molecule has 4 aromatic rings. The fraction of sp³-hybridized carbons (Fsp3) is 0.226. The van der Waals surface area contributed by atoms with Crippen LogP contribution >= 0.6 is 11.6 Å². The van der Waals surface area contributed by atoms with E-state index in [4.69, 9.17) is 16.6 Å². The van der Waals surface area contributed by atoms with Crippen LogP contribution in [0.3, 0.4) is 0 Å². The van der Waals surface area contributed by atoms with Crippen LogP contribution in [-0.4, -0.2) is 39.6 Å². The van der Waals surface area contributed by atoms with Crippen LogP contribution in [0.15, 0.2) is 71.9 Å². The van der Waals surface area contributed by atoms with Gasteiger partial charge in [0.05, 0.1) is 23.5 Å². The molecule has 40 heavy (non-hydrogen) atoms. The zero-order valence-electron chi connectivity index (χ0n) is 22.0. The van der Waals surface area contributed by atoms with Crippen molar-refractivity contribution in [1.29, 1.82) is 0 Å². The fourth-order valence-electron chi connectivity index (χ4n) is 5.22. The van der Waals surface area contributed by atoms with Crippen LogP contribution in [-0.2, 0) is 6.54 Å². The topological polar surface area (TPSA) is 70.5 Å². The Morgan fingerprint density at radius 1 is 1.02 bits per heavy atom. The van der Waals surface area contributed by atoms with Crippen molar-refractivity contribution < 1.29 is 13.6 Å². The van der Waals surface area contributed by atoms with E-state index >= 15 is 0 Å². The zero-order valence-corrected chi connectivity index (χ0v) is 22.8. The number of rotatable bonds is 4. The first kappa shape index (κ1) is 26.1. The summed E-state index contributed by atoms with van der Waals surface area (Å²) in [5.41, 5.74) is 3.85. The maximum absolute atomic E-state index is 14.8. The highest BCUT2D eigenvalue weighted by molar-refractivity contribution is 6.31. The standard InChI is InChI=1S/C31H26ClF2N5O/c1-31(2)12-13-39(17-31)29(40)18-6-9-21(10-7-18)37-30-36-16-19-15-35-28(26-24(33)4-3-5-25(26)34)23-14-20(32)8-11-22(23)27(19)38-30/h3-11,14,16H,12-13,15,17H2,1-2H3,(H,36,37,38). The molecule has 0 spiro atoms. The normalized spacial score (nSPS) is 15.6. The molecular formula is C31H26ClF2N5O. The van der Waals surface area contributed by atoms with E-state index < -0.39 is 11.6 Å². The van der Waals surface area contributed by atoms with Gasteiger partial charge in [0.1, 0.15) is 11.6 Å². The molecule has 1 saturated heterocycles. The number of nitrogens with zero attached hydrogens (tertiary/aromatic N) is 4. The molecule has 0 aliphatic carbocycles. The lowest BCUT2D eigenvalue weighted by Gasteiger charge is -2.20. The molecule has 3 aromatic carbocycles. The molecule has 0 unspecified atom stereocenters. The van der Waals surface area contributed by atoms with Gasteiger partial charge in [-0.2, -0.15) is 0 Å². The van der Waals surface area contributed by atoms with Gasteiger partial charge in [0.25, 0.3) is 5.91 Å². The molecule has 0 saturated carbocycles. The van der Waals surface area contributed by atoms with Gasteiger partial charge in [-0.1, -0.05) is 37.6 Å². The van der Waals surface area contributed by atoms with E-state index in [0.29, 0.717) is 44.6 Å². The smallest absolute Gasteiger partial charge is 0.253 e. The second kappa shape index (κ2) is 10.1. The van der Waals surface area contributed by atoms with E-state index in [0.717, 1.165) is 19.5 Å². The molecule has 1 aromatic heterocycles. The van der Waals surface area contributed by atoms with Crippen molar-refractivity contribution in [3.8, 4) is 11.3 Å². The Kier molecular flexibility index (Phi) is 6.58. The van der Waals surface area contributed by atoms with E-state index in [1.54, 1.807) is 36.5 Å². The van der Waals surface area contributed by atoms with Crippen LogP contribution in [0.4, 0.5) is 20.4 Å². The number of carbonyl (C=O) groups excluding carboxylic acids is 1. The van der Waals surface area contributed by atoms with Crippen molar-refractivity contribution in [3.05, 3.63) is 106 Å². The first-order valence-electron chi connectivity index (χ1n) is 13.0. The van der Waals surface area contributed by atoms with Crippen molar-refractivity contribution in [2.24, 2.45) is 10.4 Å². The molecule has 202 valence electrons. The van der Waals surface area contributed by atoms with Gasteiger partial charge in [0.2, 0.25) is 5.95 Å². The highest BCUT2D eigenvalue weighted by Gasteiger charge is 2.32. The minimum Gasteiger partial charge on any atom is -0.338 e. The number of halogens is 3. The summed E-state index contributed by atoms with van der Waals surface area (Å²) in [4.78, 5) is 28.6. The number of carbonyl (C=O) groups is 1. The van der Waals surface area contributed by atoms with E-state index in [1.807, 2.05) is 17.0 Å². The van der Waals surface area contributed by atoms with E-state index in [1.165, 1.54) is 18.2 Å². The van der Waals surface area contributed by atoms with Crippen LogP contribution in [0.25, 0.3) is 11.3 Å². The quantitative estimate of drug-likeness (QED) is 0.292. The number of nitrogens with one attached hydrogen (secondary N) is 1. The number of fused-ring (bicyclic) bond motifs is 3. The highest BCUT2D eigenvalue weighted by atomic mass is 35.5. The summed E-state index contributed by atoms with van der Waals surface area (Å²) in [6, 6.07) is 16.1. The number of hydrogen-bond donors (Lipinski definition) is 1. The van der Waals surface area contributed by atoms with Crippen LogP contribution in [0.5, 0.6) is 0 Å². The van der Waals surface area contributed by atoms with Gasteiger partial charge in [-0.25, -0.2) is 18.7 Å². The molecular weight excluding hydrogens is 532 g/mol. The number of likely N-dealkylation sites (tertiary alicyclic amines) is 1. The Labute approximate surface area is 235 Å². The average molecular weight is 558 g/mol. The molecule has 1 amide bonds. The second-order valence-corrected chi connectivity index (χ2v) is 11.3. The minimum atomic E-state index is -0.709. The number of benzene rings is 3. The first-order chi connectivity index (χ1) is 19.2. The maximum Gasteiger partial charge on any atom is 0.253 e. The minimum absolute atomic E-state index is 0.0239. The molecule has 0 radical (unpaired) electrons. The molecule has 3 heterocycles. The predicted molar refractivity (Wildman–Crippen MR) is 152 cm³/mol. The van der Waals surface area contributed by atoms with Crippen molar-refractivity contribution in [3.63, 3.8) is 0 Å². The predicted octanol–water partition coefficient (Wildman–Crippen LogP) is 7.04. The van der Waals surface area contributed by atoms with Crippen LogP contribution < -0.4 is 5.32 Å². The summed E-state index contributed by atoms with van der Waals surface area (Å²) in [5, 5.41) is 3.60. The lowest BCUT2D eigenvalue weighted by molar-refractivity contribution is 0.0778. The van der Waals surface area contributed by atoms with Gasteiger partial charge < -0.3 is 10.2 Å². The van der Waals surface area contributed by atoms with Crippen LogP contribution in [0, 0.1) is 17.0 Å². The SMILES string of the molecule is CC1(C)CCN(C(=O)c2ccc(Nc3ncc4c(n3)-c3ccc(Cl)cc3C(c3c(F)cccc3F)=NC4)cc2)C1. The van der Waals surface area contributed by atoms with E-state index in [2.05, 4.69) is 29.1 Å². The Balaban J connectivity index is 1.30. The van der Waals surface area contributed by atoms with Crippen molar-refractivity contribution in [2.45, 2.75) is 26.8 Å². The van der Waals surface area contributed by atoms with Crippen LogP contribution in [0.1, 0.15) is 47.3 Å². The second-order valence-electron chi connectivity index (χ2n) is 10.9. The summed E-state index contributed by atoms with van der Waals surface area (Å²) in [6.45, 7) is 5.99. The number of aromatic nitrogens is 2. The zero-order chi connectivity index (χ0) is 28.0. The van der Waals surface area contributed by atoms with Crippen molar-refractivity contribution in [2.75, 3.05) is 18.4 Å². The molecule has 1 N–H and O–H groups in total. The number of anilines is 2. The Morgan fingerprint density at radius 2 is 1.77 bits per heavy atom. The Hall–Kier alpha value is -4.17. The molecule has 0 atom stereocenters. The summed E-state index contributed by atoms with van der Waals surface area (Å²) in [6.07, 6.45) is 2.64. The summed E-state index contributed by atoms with van der Waals surface area (Å²) in [5.74, 6) is -1.06. The van der Waals surface area contributed by atoms with E-state index in [9.17, 15) is 13.6 Å². The average Bonchev–Trinajstić information content (AvgIpc) is 3.22. The first-order valence-corrected chi connectivity index (χ1v) is 13.4. The third-order valence-corrected chi connectivity index (χ3v) is 7.55. The largest absolute Gasteiger partial charge is 0.338 e. The lowest BCUT2D eigenvalue weighted by atomic mass is 9.93. The summed E-state index contributed by atoms with van der Waals surface area (Å²) >= 11 is 6.30. The molecule has 9 heteroatoms. The summed E-state index contributed by atoms with van der Waals surface area (Å²) in [7, 11) is 0. The molecule has 1 fully saturated rings. The number of amides is 1. The van der Waals surface area contributed by atoms with Gasteiger partial charge in [0, 0.05) is 52.3 Å². The van der Waals surface area contributed by atoms with Gasteiger partial charge in [0.15, 0.2) is 0 Å². The number of aliphatic imine (C=N–C) groups is 1. The number of hydrogen-bond acceptors (Lipinski definition) is 5. The Morgan fingerprint density at radius 3 is 2.48 bits per heavy atom. The molecule has 2 aliphatic rings. The monoisotopic (exact) mass is 557 g/mol. The van der Waals surface area contributed by atoms with E-state index in [-0.39, 0.29) is 29.1 Å². The Bertz CT molecular complexity index is 1650. The molecule has 2 aliphatic heterocycles. The lowest BCUT2D eigenvalue weighted by Crippen LogP contribution is -2.30. The van der Waals surface area contributed by atoms with Crippen LogP contribution in [0.2, 0.25) is 5.02 Å². The fourth-order valence-corrected chi connectivity index (χ4v) is 5.39. The maximum atomic E-state index is 14.8. The van der Waals surface area contributed by atoms with Crippen molar-refractivity contribution >= 4 is 34.9 Å². The third-order valence-electron chi connectivity index (χ3n) is 7.32. The molecule has 6 nitrogen and oxygen atoms in total. The van der Waals surface area contributed by atoms with Gasteiger partial charge in [-0.15, -0.1) is 0 Å². The molecule has 0 bridgehead atoms. The van der Waals surface area contributed by atoms with Gasteiger partial charge in [-0.3, -0.25) is 9.79 Å². The van der Waals surface area contributed by atoms with Gasteiger partial charge >= 0.3 is 0 Å². The summed E-state index contributed by atoms with van der Waals surface area (Å²) < 4.78 is 29.6.